The lowest BCUT2D eigenvalue weighted by Gasteiger charge is -2.07. The van der Waals surface area contributed by atoms with Crippen LogP contribution in [0.25, 0.3) is 22.8 Å². The van der Waals surface area contributed by atoms with E-state index in [-0.39, 0.29) is 0 Å². The number of hydrogen-bond acceptors (Lipinski definition) is 6. The van der Waals surface area contributed by atoms with Crippen molar-refractivity contribution in [1.29, 1.82) is 0 Å². The van der Waals surface area contributed by atoms with E-state index in [1.165, 1.54) is 0 Å². The second-order valence-corrected chi connectivity index (χ2v) is 7.02. The fourth-order valence-electron chi connectivity index (χ4n) is 2.86. The van der Waals surface area contributed by atoms with E-state index in [9.17, 15) is 0 Å². The molecular formula is C21H20N4O2S. The molecule has 2 heterocycles. The van der Waals surface area contributed by atoms with Gasteiger partial charge in [0.15, 0.2) is 11.0 Å². The summed E-state index contributed by atoms with van der Waals surface area (Å²) in [5, 5.41) is 9.62. The van der Waals surface area contributed by atoms with E-state index in [4.69, 9.17) is 9.15 Å². The van der Waals surface area contributed by atoms with Gasteiger partial charge in [0.2, 0.25) is 5.89 Å². The molecule has 0 bridgehead atoms. The van der Waals surface area contributed by atoms with Crippen LogP contribution >= 0.6 is 11.8 Å². The summed E-state index contributed by atoms with van der Waals surface area (Å²) in [5.41, 5.74) is 2.85. The minimum atomic E-state index is 0.632. The lowest BCUT2D eigenvalue weighted by atomic mass is 10.2. The molecule has 0 radical (unpaired) electrons. The summed E-state index contributed by atoms with van der Waals surface area (Å²) >= 11 is 1.60. The second-order valence-electron chi connectivity index (χ2n) is 6.08. The van der Waals surface area contributed by atoms with Gasteiger partial charge in [0.1, 0.15) is 12.0 Å². The molecule has 2 aromatic carbocycles. The number of oxazole rings is 1. The van der Waals surface area contributed by atoms with E-state index in [2.05, 4.69) is 26.7 Å². The predicted molar refractivity (Wildman–Crippen MR) is 109 cm³/mol. The smallest absolute Gasteiger partial charge is 0.226 e. The molecule has 0 N–H and O–H groups in total. The number of aromatic nitrogens is 4. The number of nitrogens with zero attached hydrogens (tertiary/aromatic N) is 4. The van der Waals surface area contributed by atoms with Gasteiger partial charge >= 0.3 is 0 Å². The third-order valence-corrected chi connectivity index (χ3v) is 5.30. The molecule has 0 unspecified atom stereocenters. The third-order valence-electron chi connectivity index (χ3n) is 4.30. The van der Waals surface area contributed by atoms with Crippen LogP contribution in [-0.4, -0.2) is 26.9 Å². The van der Waals surface area contributed by atoms with Crippen molar-refractivity contribution in [3.63, 3.8) is 0 Å². The van der Waals surface area contributed by atoms with Crippen molar-refractivity contribution >= 4 is 11.8 Å². The van der Waals surface area contributed by atoms with Gasteiger partial charge in [-0.3, -0.25) is 0 Å². The van der Waals surface area contributed by atoms with E-state index in [1.54, 1.807) is 25.1 Å². The summed E-state index contributed by atoms with van der Waals surface area (Å²) < 4.78 is 12.9. The molecule has 0 aliphatic carbocycles. The SMILES string of the molecule is CCn1c(SCc2coc(-c3ccccc3)n2)nnc1-c1ccc(OC)cc1. The van der Waals surface area contributed by atoms with Crippen LogP contribution in [0.4, 0.5) is 0 Å². The molecule has 28 heavy (non-hydrogen) atoms. The van der Waals surface area contributed by atoms with Crippen molar-refractivity contribution in [2.24, 2.45) is 0 Å². The minimum Gasteiger partial charge on any atom is -0.497 e. The maximum absolute atomic E-state index is 5.61. The van der Waals surface area contributed by atoms with E-state index in [0.717, 1.165) is 40.1 Å². The first-order valence-corrected chi connectivity index (χ1v) is 9.97. The fourth-order valence-corrected chi connectivity index (χ4v) is 3.74. The number of thioether (sulfide) groups is 1. The number of rotatable bonds is 7. The highest BCUT2D eigenvalue weighted by Crippen LogP contribution is 2.28. The summed E-state index contributed by atoms with van der Waals surface area (Å²) in [6.45, 7) is 2.87. The van der Waals surface area contributed by atoms with E-state index in [1.807, 2.05) is 54.6 Å². The van der Waals surface area contributed by atoms with Crippen molar-refractivity contribution in [3.8, 4) is 28.6 Å². The Morgan fingerprint density at radius 1 is 1.00 bits per heavy atom. The first kappa shape index (κ1) is 18.3. The highest BCUT2D eigenvalue weighted by Gasteiger charge is 2.14. The first-order valence-electron chi connectivity index (χ1n) is 8.98. The average molecular weight is 392 g/mol. The largest absolute Gasteiger partial charge is 0.497 e. The maximum atomic E-state index is 5.61. The Hall–Kier alpha value is -3.06. The quantitative estimate of drug-likeness (QED) is 0.416. The van der Waals surface area contributed by atoms with Gasteiger partial charge < -0.3 is 13.7 Å². The van der Waals surface area contributed by atoms with Gasteiger partial charge in [-0.25, -0.2) is 4.98 Å². The zero-order chi connectivity index (χ0) is 19.3. The summed E-state index contributed by atoms with van der Waals surface area (Å²) in [6, 6.07) is 17.7. The molecule has 142 valence electrons. The molecule has 0 spiro atoms. The van der Waals surface area contributed by atoms with E-state index in [0.29, 0.717) is 11.6 Å². The molecule has 2 aromatic heterocycles. The number of benzene rings is 2. The van der Waals surface area contributed by atoms with Gasteiger partial charge in [-0.05, 0) is 43.3 Å². The molecule has 0 aliphatic rings. The lowest BCUT2D eigenvalue weighted by molar-refractivity contribution is 0.415. The minimum absolute atomic E-state index is 0.632. The number of methoxy groups -OCH3 is 1. The van der Waals surface area contributed by atoms with Crippen LogP contribution in [0.15, 0.2) is 70.4 Å². The second kappa shape index (κ2) is 8.31. The Morgan fingerprint density at radius 3 is 2.50 bits per heavy atom. The molecule has 0 amide bonds. The Balaban J connectivity index is 1.50. The molecule has 0 atom stereocenters. The fraction of sp³-hybridized carbons (Fsp3) is 0.190. The van der Waals surface area contributed by atoms with Crippen LogP contribution in [0.3, 0.4) is 0 Å². The summed E-state index contributed by atoms with van der Waals surface area (Å²) in [4.78, 5) is 4.58. The highest BCUT2D eigenvalue weighted by molar-refractivity contribution is 7.98. The molecule has 0 fully saturated rings. The molecule has 0 saturated carbocycles. The Labute approximate surface area is 167 Å². The van der Waals surface area contributed by atoms with Crippen LogP contribution in [0.5, 0.6) is 5.75 Å². The summed E-state index contributed by atoms with van der Waals surface area (Å²) in [5.74, 6) is 2.96. The van der Waals surface area contributed by atoms with Gasteiger partial charge in [-0.15, -0.1) is 10.2 Å². The van der Waals surface area contributed by atoms with Crippen molar-refractivity contribution < 1.29 is 9.15 Å². The molecule has 0 saturated heterocycles. The van der Waals surface area contributed by atoms with Gasteiger partial charge in [0.05, 0.1) is 12.8 Å². The molecule has 4 rings (SSSR count). The Kier molecular flexibility index (Phi) is 5.43. The highest BCUT2D eigenvalue weighted by atomic mass is 32.2. The van der Waals surface area contributed by atoms with Crippen LogP contribution in [0.1, 0.15) is 12.6 Å². The van der Waals surface area contributed by atoms with E-state index < -0.39 is 0 Å². The third kappa shape index (κ3) is 3.80. The predicted octanol–water partition coefficient (Wildman–Crippen LogP) is 4.92. The van der Waals surface area contributed by atoms with Crippen LogP contribution in [0, 0.1) is 0 Å². The van der Waals surface area contributed by atoms with Gasteiger partial charge in [-0.2, -0.15) is 0 Å². The summed E-state index contributed by atoms with van der Waals surface area (Å²) in [7, 11) is 1.66. The number of ether oxygens (including phenoxy) is 1. The zero-order valence-corrected chi connectivity index (χ0v) is 16.5. The van der Waals surface area contributed by atoms with Crippen molar-refractivity contribution in [1.82, 2.24) is 19.7 Å². The van der Waals surface area contributed by atoms with Crippen molar-refractivity contribution in [2.45, 2.75) is 24.4 Å². The molecular weight excluding hydrogens is 372 g/mol. The topological polar surface area (TPSA) is 66.0 Å². The Bertz CT molecular complexity index is 1040. The number of hydrogen-bond donors (Lipinski definition) is 0. The molecule has 4 aromatic rings. The average Bonchev–Trinajstić information content (AvgIpc) is 3.39. The van der Waals surface area contributed by atoms with Crippen LogP contribution in [0.2, 0.25) is 0 Å². The van der Waals surface area contributed by atoms with Gasteiger partial charge in [0, 0.05) is 23.4 Å². The lowest BCUT2D eigenvalue weighted by Crippen LogP contribution is -2.00. The van der Waals surface area contributed by atoms with Crippen LogP contribution < -0.4 is 4.74 Å². The van der Waals surface area contributed by atoms with E-state index >= 15 is 0 Å². The monoisotopic (exact) mass is 392 g/mol. The first-order chi connectivity index (χ1) is 13.8. The zero-order valence-electron chi connectivity index (χ0n) is 15.7. The van der Waals surface area contributed by atoms with Gasteiger partial charge in [0.25, 0.3) is 0 Å². The normalized spacial score (nSPS) is 10.9. The van der Waals surface area contributed by atoms with Crippen molar-refractivity contribution in [3.05, 3.63) is 66.6 Å². The maximum Gasteiger partial charge on any atom is 0.226 e. The molecule has 7 heteroatoms. The molecule has 0 aliphatic heterocycles. The Morgan fingerprint density at radius 2 is 1.79 bits per heavy atom. The standard InChI is InChI=1S/C21H20N4O2S/c1-3-25-19(15-9-11-18(26-2)12-10-15)23-24-21(25)28-14-17-13-27-20(22-17)16-7-5-4-6-8-16/h4-13H,3,14H2,1-2H3. The molecule has 6 nitrogen and oxygen atoms in total. The van der Waals surface area contributed by atoms with Crippen molar-refractivity contribution in [2.75, 3.05) is 7.11 Å². The summed E-state index contributed by atoms with van der Waals surface area (Å²) in [6.07, 6.45) is 1.70. The van der Waals surface area contributed by atoms with Gasteiger partial charge in [-0.1, -0.05) is 30.0 Å². The van der Waals surface area contributed by atoms with Crippen LogP contribution in [-0.2, 0) is 12.3 Å².